The van der Waals surface area contributed by atoms with E-state index in [9.17, 15) is 9.18 Å². The van der Waals surface area contributed by atoms with E-state index in [1.54, 1.807) is 12.1 Å². The predicted octanol–water partition coefficient (Wildman–Crippen LogP) is 1.95. The standard InChI is InChI=1S/C13H12FN3O/c1-2-7-16-9-10(8-15)13(18)17-12-5-3-11(14)4-6-12/h2-6,9,16H,1,7H2,(H,17,18)/b10-9-. The lowest BCUT2D eigenvalue weighted by Gasteiger charge is -2.04. The molecule has 0 aliphatic carbocycles. The summed E-state index contributed by atoms with van der Waals surface area (Å²) in [5.41, 5.74) is 0.354. The SMILES string of the molecule is C=CCN/C=C(/C#N)C(=O)Nc1ccc(F)cc1. The fourth-order valence-corrected chi connectivity index (χ4v) is 1.12. The lowest BCUT2D eigenvalue weighted by molar-refractivity contribution is -0.112. The Balaban J connectivity index is 2.68. The van der Waals surface area contributed by atoms with Gasteiger partial charge in [0.25, 0.3) is 5.91 Å². The molecule has 1 aromatic rings. The van der Waals surface area contributed by atoms with Crippen LogP contribution in [0.4, 0.5) is 10.1 Å². The van der Waals surface area contributed by atoms with Crippen LogP contribution < -0.4 is 10.6 Å². The molecule has 0 heterocycles. The first-order valence-electron chi connectivity index (χ1n) is 5.19. The minimum Gasteiger partial charge on any atom is -0.386 e. The van der Waals surface area contributed by atoms with Crippen LogP contribution in [0.15, 0.2) is 48.7 Å². The molecule has 0 aliphatic heterocycles. The van der Waals surface area contributed by atoms with E-state index >= 15 is 0 Å². The van der Waals surface area contributed by atoms with Crippen LogP contribution >= 0.6 is 0 Å². The average molecular weight is 245 g/mol. The second-order valence-corrected chi connectivity index (χ2v) is 3.33. The lowest BCUT2D eigenvalue weighted by atomic mass is 10.2. The number of carbonyl (C=O) groups excluding carboxylic acids is 1. The Bertz CT molecular complexity index is 500. The summed E-state index contributed by atoms with van der Waals surface area (Å²) in [5, 5.41) is 14.0. The highest BCUT2D eigenvalue weighted by Crippen LogP contribution is 2.09. The zero-order valence-corrected chi connectivity index (χ0v) is 9.61. The number of nitrogens with zero attached hydrogens (tertiary/aromatic N) is 1. The van der Waals surface area contributed by atoms with Crippen molar-refractivity contribution in [3.8, 4) is 6.07 Å². The van der Waals surface area contributed by atoms with E-state index < -0.39 is 11.7 Å². The molecule has 0 radical (unpaired) electrons. The van der Waals surface area contributed by atoms with Gasteiger partial charge in [0.2, 0.25) is 0 Å². The third-order valence-electron chi connectivity index (χ3n) is 1.98. The van der Waals surface area contributed by atoms with Crippen LogP contribution in [-0.2, 0) is 4.79 Å². The first-order chi connectivity index (χ1) is 8.67. The number of anilines is 1. The second-order valence-electron chi connectivity index (χ2n) is 3.33. The average Bonchev–Trinajstić information content (AvgIpc) is 2.37. The Hall–Kier alpha value is -2.61. The number of carbonyl (C=O) groups is 1. The molecular weight excluding hydrogens is 233 g/mol. The maximum atomic E-state index is 12.7. The Morgan fingerprint density at radius 2 is 2.11 bits per heavy atom. The fourth-order valence-electron chi connectivity index (χ4n) is 1.12. The molecule has 4 nitrogen and oxygen atoms in total. The molecule has 1 aromatic carbocycles. The van der Waals surface area contributed by atoms with E-state index in [1.165, 1.54) is 30.5 Å². The van der Waals surface area contributed by atoms with Crippen molar-refractivity contribution < 1.29 is 9.18 Å². The van der Waals surface area contributed by atoms with Gasteiger partial charge in [-0.2, -0.15) is 5.26 Å². The molecule has 0 aromatic heterocycles. The van der Waals surface area contributed by atoms with Crippen molar-refractivity contribution in [2.45, 2.75) is 0 Å². The Labute approximate surface area is 104 Å². The van der Waals surface area contributed by atoms with Crippen molar-refractivity contribution in [3.63, 3.8) is 0 Å². The first-order valence-corrected chi connectivity index (χ1v) is 5.19. The Morgan fingerprint density at radius 1 is 1.44 bits per heavy atom. The lowest BCUT2D eigenvalue weighted by Crippen LogP contribution is -2.16. The zero-order chi connectivity index (χ0) is 13.4. The minimum atomic E-state index is -0.555. The van der Waals surface area contributed by atoms with Crippen LogP contribution in [-0.4, -0.2) is 12.5 Å². The third kappa shape index (κ3) is 4.10. The topological polar surface area (TPSA) is 64.9 Å². The number of nitrogens with one attached hydrogen (secondary N) is 2. The number of rotatable bonds is 5. The summed E-state index contributed by atoms with van der Waals surface area (Å²) in [6, 6.07) is 7.05. The monoisotopic (exact) mass is 245 g/mol. The van der Waals surface area contributed by atoms with E-state index in [2.05, 4.69) is 17.2 Å². The van der Waals surface area contributed by atoms with Crippen molar-refractivity contribution in [2.75, 3.05) is 11.9 Å². The Kier molecular flexibility index (Phi) is 5.13. The highest BCUT2D eigenvalue weighted by molar-refractivity contribution is 6.06. The molecule has 1 amide bonds. The van der Waals surface area contributed by atoms with Crippen molar-refractivity contribution in [1.29, 1.82) is 5.26 Å². The molecule has 5 heteroatoms. The molecule has 18 heavy (non-hydrogen) atoms. The highest BCUT2D eigenvalue weighted by atomic mass is 19.1. The van der Waals surface area contributed by atoms with Crippen LogP contribution in [0.3, 0.4) is 0 Å². The first kappa shape index (κ1) is 13.5. The number of nitriles is 1. The van der Waals surface area contributed by atoms with Gasteiger partial charge in [-0.15, -0.1) is 6.58 Å². The van der Waals surface area contributed by atoms with E-state index in [4.69, 9.17) is 5.26 Å². The molecule has 0 atom stereocenters. The van der Waals surface area contributed by atoms with Crippen molar-refractivity contribution in [2.24, 2.45) is 0 Å². The van der Waals surface area contributed by atoms with Crippen molar-refractivity contribution in [1.82, 2.24) is 5.32 Å². The molecule has 2 N–H and O–H groups in total. The number of hydrogen-bond donors (Lipinski definition) is 2. The van der Waals surface area contributed by atoms with Crippen LogP contribution in [0.25, 0.3) is 0 Å². The molecule has 0 bridgehead atoms. The summed E-state index contributed by atoms with van der Waals surface area (Å²) in [6.45, 7) is 3.95. The largest absolute Gasteiger partial charge is 0.386 e. The molecule has 0 saturated carbocycles. The third-order valence-corrected chi connectivity index (χ3v) is 1.98. The second kappa shape index (κ2) is 6.86. The zero-order valence-electron chi connectivity index (χ0n) is 9.61. The summed E-state index contributed by atoms with van der Waals surface area (Å²) >= 11 is 0. The highest BCUT2D eigenvalue weighted by Gasteiger charge is 2.08. The van der Waals surface area contributed by atoms with Crippen LogP contribution in [0.5, 0.6) is 0 Å². The van der Waals surface area contributed by atoms with Gasteiger partial charge in [-0.3, -0.25) is 4.79 Å². The maximum Gasteiger partial charge on any atom is 0.267 e. The molecular formula is C13H12FN3O. The van der Waals surface area contributed by atoms with Crippen molar-refractivity contribution >= 4 is 11.6 Å². The summed E-state index contributed by atoms with van der Waals surface area (Å²) in [6.07, 6.45) is 2.91. The van der Waals surface area contributed by atoms with Gasteiger partial charge in [-0.25, -0.2) is 4.39 Å². The van der Waals surface area contributed by atoms with E-state index in [1.807, 2.05) is 0 Å². The summed E-state index contributed by atoms with van der Waals surface area (Å²) < 4.78 is 12.7. The van der Waals surface area contributed by atoms with E-state index in [0.717, 1.165) is 0 Å². The smallest absolute Gasteiger partial charge is 0.267 e. The number of benzene rings is 1. The fraction of sp³-hybridized carbons (Fsp3) is 0.0769. The molecule has 0 aliphatic rings. The van der Waals surface area contributed by atoms with Gasteiger partial charge in [0.05, 0.1) is 0 Å². The van der Waals surface area contributed by atoms with Gasteiger partial charge >= 0.3 is 0 Å². The summed E-state index contributed by atoms with van der Waals surface area (Å²) in [7, 11) is 0. The molecule has 0 unspecified atom stereocenters. The Morgan fingerprint density at radius 3 is 2.67 bits per heavy atom. The summed E-state index contributed by atoms with van der Waals surface area (Å²) in [5.74, 6) is -0.947. The molecule has 1 rings (SSSR count). The number of hydrogen-bond acceptors (Lipinski definition) is 3. The van der Waals surface area contributed by atoms with E-state index in [0.29, 0.717) is 12.2 Å². The van der Waals surface area contributed by atoms with Gasteiger partial charge in [0, 0.05) is 18.4 Å². The van der Waals surface area contributed by atoms with E-state index in [-0.39, 0.29) is 5.57 Å². The van der Waals surface area contributed by atoms with Gasteiger partial charge in [-0.05, 0) is 24.3 Å². The van der Waals surface area contributed by atoms with Gasteiger partial charge < -0.3 is 10.6 Å². The number of halogens is 1. The van der Waals surface area contributed by atoms with Crippen LogP contribution in [0.1, 0.15) is 0 Å². The van der Waals surface area contributed by atoms with Gasteiger partial charge in [-0.1, -0.05) is 6.08 Å². The van der Waals surface area contributed by atoms with Crippen LogP contribution in [0.2, 0.25) is 0 Å². The van der Waals surface area contributed by atoms with Crippen LogP contribution in [0, 0.1) is 17.1 Å². The predicted molar refractivity (Wildman–Crippen MR) is 66.9 cm³/mol. The molecule has 92 valence electrons. The molecule has 0 saturated heterocycles. The van der Waals surface area contributed by atoms with Crippen molar-refractivity contribution in [3.05, 3.63) is 54.5 Å². The minimum absolute atomic E-state index is 0.0684. The van der Waals surface area contributed by atoms with Gasteiger partial charge in [0.1, 0.15) is 17.5 Å². The quantitative estimate of drug-likeness (QED) is 0.360. The van der Waals surface area contributed by atoms with Gasteiger partial charge in [0.15, 0.2) is 0 Å². The molecule has 0 fully saturated rings. The normalized spacial score (nSPS) is 10.3. The maximum absolute atomic E-state index is 12.7. The summed E-state index contributed by atoms with van der Waals surface area (Å²) in [4.78, 5) is 11.7. The molecule has 0 spiro atoms. The number of amides is 1.